The molecule has 1 N–H and O–H groups in total. The van der Waals surface area contributed by atoms with E-state index in [2.05, 4.69) is 15.5 Å². The molecule has 1 amide bonds. The number of aryl methyl sites for hydroxylation is 2. The number of hydrogen-bond acceptors (Lipinski definition) is 3. The van der Waals surface area contributed by atoms with Crippen LogP contribution in [0.1, 0.15) is 56.4 Å². The zero-order chi connectivity index (χ0) is 17.1. The number of hydrogen-bond donors (Lipinski definition) is 1. The van der Waals surface area contributed by atoms with Gasteiger partial charge in [-0.25, -0.2) is 8.78 Å². The third-order valence-electron chi connectivity index (χ3n) is 3.76. The van der Waals surface area contributed by atoms with E-state index in [0.717, 1.165) is 5.69 Å². The lowest BCUT2D eigenvalue weighted by atomic mass is 10.2. The van der Waals surface area contributed by atoms with Crippen LogP contribution >= 0.6 is 0 Å². The summed E-state index contributed by atoms with van der Waals surface area (Å²) in [5, 5.41) is 10.9. The lowest BCUT2D eigenvalue weighted by Gasteiger charge is -2.19. The highest BCUT2D eigenvalue weighted by Gasteiger charge is 2.23. The Labute approximate surface area is 133 Å². The Kier molecular flexibility index (Phi) is 5.12. The van der Waals surface area contributed by atoms with E-state index in [-0.39, 0.29) is 17.6 Å². The largest absolute Gasteiger partial charge is 0.346 e. The predicted octanol–water partition coefficient (Wildman–Crippen LogP) is 2.78. The van der Waals surface area contributed by atoms with Gasteiger partial charge in [0.2, 0.25) is 5.91 Å². The smallest absolute Gasteiger partial charge is 0.282 e. The molecule has 2 heterocycles. The van der Waals surface area contributed by atoms with Gasteiger partial charge in [0.05, 0.1) is 11.7 Å². The molecule has 126 valence electrons. The summed E-state index contributed by atoms with van der Waals surface area (Å²) in [5.41, 5.74) is 1.09. The normalized spacial score (nSPS) is 14.0. The van der Waals surface area contributed by atoms with E-state index in [1.165, 1.54) is 10.7 Å². The zero-order valence-electron chi connectivity index (χ0n) is 13.6. The van der Waals surface area contributed by atoms with E-state index < -0.39 is 12.5 Å². The van der Waals surface area contributed by atoms with Crippen molar-refractivity contribution in [3.05, 3.63) is 35.4 Å². The molecular formula is C15H21F2N5O. The van der Waals surface area contributed by atoms with Crippen molar-refractivity contribution in [3.63, 3.8) is 0 Å². The molecule has 0 bridgehead atoms. The fraction of sp³-hybridized carbons (Fsp3) is 0.533. The maximum absolute atomic E-state index is 12.7. The number of aromatic nitrogens is 4. The van der Waals surface area contributed by atoms with Crippen LogP contribution < -0.4 is 5.32 Å². The van der Waals surface area contributed by atoms with Gasteiger partial charge in [-0.3, -0.25) is 14.2 Å². The van der Waals surface area contributed by atoms with Crippen LogP contribution in [0.4, 0.5) is 8.78 Å². The van der Waals surface area contributed by atoms with Gasteiger partial charge < -0.3 is 5.32 Å². The zero-order valence-corrected chi connectivity index (χ0v) is 13.6. The number of carbonyl (C=O) groups excluding carboxylic acids is 1. The molecule has 0 aliphatic heterocycles. The lowest BCUT2D eigenvalue weighted by Crippen LogP contribution is -2.34. The van der Waals surface area contributed by atoms with Gasteiger partial charge in [0, 0.05) is 18.4 Å². The van der Waals surface area contributed by atoms with Crippen LogP contribution in [0.15, 0.2) is 18.3 Å². The van der Waals surface area contributed by atoms with E-state index in [9.17, 15) is 13.6 Å². The SMILES string of the molecule is CCn1nccc1C(C)NC(=O)C(C)n1nc(C(F)F)cc1C. The summed E-state index contributed by atoms with van der Waals surface area (Å²) in [6.45, 7) is 7.81. The molecule has 0 saturated heterocycles. The second-order valence-corrected chi connectivity index (χ2v) is 5.43. The van der Waals surface area contributed by atoms with Gasteiger partial charge in [-0.2, -0.15) is 10.2 Å². The van der Waals surface area contributed by atoms with Crippen LogP contribution in [-0.4, -0.2) is 25.5 Å². The van der Waals surface area contributed by atoms with E-state index in [1.54, 1.807) is 24.7 Å². The van der Waals surface area contributed by atoms with Crippen molar-refractivity contribution in [2.75, 3.05) is 0 Å². The molecule has 8 heteroatoms. The van der Waals surface area contributed by atoms with Crippen molar-refractivity contribution in [2.45, 2.75) is 52.7 Å². The van der Waals surface area contributed by atoms with Crippen LogP contribution in [0.25, 0.3) is 0 Å². The molecule has 23 heavy (non-hydrogen) atoms. The quantitative estimate of drug-likeness (QED) is 0.888. The monoisotopic (exact) mass is 325 g/mol. The van der Waals surface area contributed by atoms with Crippen molar-refractivity contribution in [3.8, 4) is 0 Å². The first-order chi connectivity index (χ1) is 10.8. The van der Waals surface area contributed by atoms with Crippen molar-refractivity contribution in [1.29, 1.82) is 0 Å². The van der Waals surface area contributed by atoms with Crippen LogP contribution in [0.5, 0.6) is 0 Å². The Morgan fingerprint density at radius 3 is 2.65 bits per heavy atom. The Morgan fingerprint density at radius 2 is 2.09 bits per heavy atom. The summed E-state index contributed by atoms with van der Waals surface area (Å²) in [5.74, 6) is -0.284. The number of rotatable bonds is 6. The molecule has 2 aromatic heterocycles. The van der Waals surface area contributed by atoms with Crippen LogP contribution in [0, 0.1) is 6.92 Å². The third kappa shape index (κ3) is 3.57. The minimum absolute atomic E-state index is 0.238. The molecular weight excluding hydrogens is 304 g/mol. The van der Waals surface area contributed by atoms with Crippen molar-refractivity contribution < 1.29 is 13.6 Å². The summed E-state index contributed by atoms with van der Waals surface area (Å²) in [4.78, 5) is 12.4. The Morgan fingerprint density at radius 1 is 1.39 bits per heavy atom. The van der Waals surface area contributed by atoms with Crippen molar-refractivity contribution in [1.82, 2.24) is 24.9 Å². The van der Waals surface area contributed by atoms with Gasteiger partial charge in [-0.1, -0.05) is 0 Å². The van der Waals surface area contributed by atoms with E-state index in [1.807, 2.05) is 19.9 Å². The molecule has 2 aromatic rings. The predicted molar refractivity (Wildman–Crippen MR) is 81.1 cm³/mol. The first-order valence-corrected chi connectivity index (χ1v) is 7.51. The van der Waals surface area contributed by atoms with Crippen LogP contribution in [0.3, 0.4) is 0 Å². The number of nitrogens with one attached hydrogen (secondary N) is 1. The lowest BCUT2D eigenvalue weighted by molar-refractivity contribution is -0.124. The van der Waals surface area contributed by atoms with Gasteiger partial charge >= 0.3 is 0 Å². The highest BCUT2D eigenvalue weighted by Crippen LogP contribution is 2.21. The second-order valence-electron chi connectivity index (χ2n) is 5.43. The number of amides is 1. The summed E-state index contributed by atoms with van der Waals surface area (Å²) < 4.78 is 28.6. The summed E-state index contributed by atoms with van der Waals surface area (Å²) >= 11 is 0. The second kappa shape index (κ2) is 6.89. The van der Waals surface area contributed by atoms with Crippen molar-refractivity contribution in [2.24, 2.45) is 0 Å². The molecule has 6 nitrogen and oxygen atoms in total. The average molecular weight is 325 g/mol. The van der Waals surface area contributed by atoms with E-state index in [0.29, 0.717) is 12.2 Å². The van der Waals surface area contributed by atoms with Gasteiger partial charge in [0.25, 0.3) is 6.43 Å². The van der Waals surface area contributed by atoms with E-state index in [4.69, 9.17) is 0 Å². The molecule has 0 saturated carbocycles. The fourth-order valence-corrected chi connectivity index (χ4v) is 2.50. The molecule has 2 rings (SSSR count). The molecule has 2 atom stereocenters. The maximum atomic E-state index is 12.7. The van der Waals surface area contributed by atoms with Crippen LogP contribution in [-0.2, 0) is 11.3 Å². The highest BCUT2D eigenvalue weighted by atomic mass is 19.3. The Bertz CT molecular complexity index is 679. The van der Waals surface area contributed by atoms with Gasteiger partial charge in [0.1, 0.15) is 11.7 Å². The molecule has 0 radical (unpaired) electrons. The molecule has 0 aliphatic rings. The first kappa shape index (κ1) is 17.1. The van der Waals surface area contributed by atoms with Crippen LogP contribution in [0.2, 0.25) is 0 Å². The summed E-state index contributed by atoms with van der Waals surface area (Å²) in [6, 6.07) is 2.22. The molecule has 0 aliphatic carbocycles. The third-order valence-corrected chi connectivity index (χ3v) is 3.76. The van der Waals surface area contributed by atoms with Crippen molar-refractivity contribution >= 4 is 5.91 Å². The minimum Gasteiger partial charge on any atom is -0.346 e. The Hall–Kier alpha value is -2.25. The van der Waals surface area contributed by atoms with Gasteiger partial charge in [-0.15, -0.1) is 0 Å². The van der Waals surface area contributed by atoms with E-state index >= 15 is 0 Å². The maximum Gasteiger partial charge on any atom is 0.282 e. The summed E-state index contributed by atoms with van der Waals surface area (Å²) in [7, 11) is 0. The molecule has 0 aromatic carbocycles. The molecule has 2 unspecified atom stereocenters. The average Bonchev–Trinajstić information content (AvgIpc) is 3.12. The number of alkyl halides is 2. The molecule has 0 fully saturated rings. The standard InChI is InChI=1S/C15H21F2N5O/c1-5-21-13(6-7-18-21)10(3)19-15(23)11(4)22-9(2)8-12(20-22)14(16)17/h6-8,10-11,14H,5H2,1-4H3,(H,19,23). The van der Waals surface area contributed by atoms with Gasteiger partial charge in [-0.05, 0) is 39.8 Å². The first-order valence-electron chi connectivity index (χ1n) is 7.51. The number of halogens is 2. The molecule has 0 spiro atoms. The summed E-state index contributed by atoms with van der Waals surface area (Å²) in [6.07, 6.45) is -0.972. The Balaban J connectivity index is 2.11. The number of carbonyl (C=O) groups is 1. The topological polar surface area (TPSA) is 64.7 Å². The highest BCUT2D eigenvalue weighted by molar-refractivity contribution is 5.80. The fourth-order valence-electron chi connectivity index (χ4n) is 2.50. The minimum atomic E-state index is -2.65. The van der Waals surface area contributed by atoms with Gasteiger partial charge in [0.15, 0.2) is 0 Å². The number of nitrogens with zero attached hydrogens (tertiary/aromatic N) is 4.